The van der Waals surface area contributed by atoms with Crippen LogP contribution in [0.3, 0.4) is 0 Å². The van der Waals surface area contributed by atoms with Gasteiger partial charge >= 0.3 is 0 Å². The maximum atomic E-state index is 13.3. The molecule has 0 aliphatic rings. The maximum absolute atomic E-state index is 13.3. The summed E-state index contributed by atoms with van der Waals surface area (Å²) in [6.07, 6.45) is 4.99. The van der Waals surface area contributed by atoms with Gasteiger partial charge in [0, 0.05) is 36.4 Å². The zero-order valence-corrected chi connectivity index (χ0v) is 19.3. The normalized spacial score (nSPS) is 11.0. The zero-order chi connectivity index (χ0) is 23.4. The fraction of sp³-hybridized carbons (Fsp3) is 0.259. The third-order valence-corrected chi connectivity index (χ3v) is 5.85. The maximum Gasteiger partial charge on any atom is 0.275 e. The van der Waals surface area contributed by atoms with Gasteiger partial charge in [0.25, 0.3) is 5.56 Å². The van der Waals surface area contributed by atoms with E-state index in [9.17, 15) is 9.59 Å². The summed E-state index contributed by atoms with van der Waals surface area (Å²) in [7, 11) is 0. The number of hydrogen-bond acceptors (Lipinski definition) is 4. The molecule has 0 atom stereocenters. The Kier molecular flexibility index (Phi) is 6.63. The number of fused-ring (bicyclic) bond motifs is 1. The number of nitrogens with zero attached hydrogens (tertiary/aromatic N) is 4. The Morgan fingerprint density at radius 2 is 1.79 bits per heavy atom. The molecule has 4 aromatic rings. The molecule has 0 saturated heterocycles. The molecule has 6 nitrogen and oxygen atoms in total. The lowest BCUT2D eigenvalue weighted by Gasteiger charge is -2.22. The minimum Gasteiger partial charge on any atom is -0.311 e. The predicted octanol–water partition coefficient (Wildman–Crippen LogP) is 4.31. The number of hydrogen-bond donors (Lipinski definition) is 0. The van der Waals surface area contributed by atoms with Crippen LogP contribution in [0.1, 0.15) is 36.2 Å². The van der Waals surface area contributed by atoms with Crippen LogP contribution >= 0.6 is 0 Å². The second kappa shape index (κ2) is 9.77. The van der Waals surface area contributed by atoms with E-state index in [1.807, 2.05) is 68.4 Å². The van der Waals surface area contributed by atoms with E-state index in [2.05, 4.69) is 17.0 Å². The number of likely N-dealkylation sites (N-methyl/N-ethyl adjacent to an activating group) is 1. The Bertz CT molecular complexity index is 1330. The van der Waals surface area contributed by atoms with Gasteiger partial charge in [-0.1, -0.05) is 42.8 Å². The van der Waals surface area contributed by atoms with Crippen LogP contribution in [-0.4, -0.2) is 27.2 Å². The molecular formula is C27H28N4O2. The fourth-order valence-corrected chi connectivity index (χ4v) is 4.03. The average Bonchev–Trinajstić information content (AvgIpc) is 2.83. The Morgan fingerprint density at radius 1 is 1.00 bits per heavy atom. The zero-order valence-electron chi connectivity index (χ0n) is 19.3. The molecule has 2 aromatic carbocycles. The number of rotatable bonds is 7. The van der Waals surface area contributed by atoms with Gasteiger partial charge in [-0.25, -0.2) is 4.68 Å². The summed E-state index contributed by atoms with van der Waals surface area (Å²) < 4.78 is 1.30. The number of benzene rings is 2. The lowest BCUT2D eigenvalue weighted by Crippen LogP contribution is -2.37. The van der Waals surface area contributed by atoms with Gasteiger partial charge < -0.3 is 4.90 Å². The molecule has 2 aromatic heterocycles. The van der Waals surface area contributed by atoms with Gasteiger partial charge in [0.2, 0.25) is 5.91 Å². The van der Waals surface area contributed by atoms with Crippen molar-refractivity contribution in [3.8, 4) is 0 Å². The molecule has 0 unspecified atom stereocenters. The molecule has 0 radical (unpaired) electrons. The van der Waals surface area contributed by atoms with Crippen molar-refractivity contribution in [1.82, 2.24) is 14.8 Å². The second-order valence-electron chi connectivity index (χ2n) is 8.15. The molecule has 0 N–H and O–H groups in total. The number of pyridine rings is 1. The van der Waals surface area contributed by atoms with Crippen LogP contribution in [0.25, 0.3) is 10.8 Å². The van der Waals surface area contributed by atoms with Crippen LogP contribution in [0.2, 0.25) is 0 Å². The number of amides is 1. The van der Waals surface area contributed by atoms with Gasteiger partial charge in [0.1, 0.15) is 6.54 Å². The highest BCUT2D eigenvalue weighted by molar-refractivity contribution is 5.93. The van der Waals surface area contributed by atoms with Crippen molar-refractivity contribution in [2.45, 2.75) is 40.2 Å². The molecule has 168 valence electrons. The highest BCUT2D eigenvalue weighted by Gasteiger charge is 2.18. The van der Waals surface area contributed by atoms with Crippen molar-refractivity contribution in [1.29, 1.82) is 0 Å². The molecule has 0 aliphatic heterocycles. The number of carbonyl (C=O) groups is 1. The molecule has 0 aliphatic carbocycles. The van der Waals surface area contributed by atoms with Crippen LogP contribution in [0, 0.1) is 6.92 Å². The predicted molar refractivity (Wildman–Crippen MR) is 132 cm³/mol. The van der Waals surface area contributed by atoms with Crippen LogP contribution in [-0.2, 0) is 24.2 Å². The first-order chi connectivity index (χ1) is 16.0. The molecule has 2 heterocycles. The van der Waals surface area contributed by atoms with E-state index in [4.69, 9.17) is 0 Å². The first-order valence-corrected chi connectivity index (χ1v) is 11.3. The lowest BCUT2D eigenvalue weighted by molar-refractivity contribution is -0.119. The molecule has 1 amide bonds. The van der Waals surface area contributed by atoms with E-state index >= 15 is 0 Å². The van der Waals surface area contributed by atoms with E-state index < -0.39 is 0 Å². The average molecular weight is 441 g/mol. The highest BCUT2D eigenvalue weighted by atomic mass is 16.2. The molecule has 0 spiro atoms. The summed E-state index contributed by atoms with van der Waals surface area (Å²) in [4.78, 5) is 32.4. The van der Waals surface area contributed by atoms with Gasteiger partial charge in [-0.3, -0.25) is 14.6 Å². The largest absolute Gasteiger partial charge is 0.311 e. The summed E-state index contributed by atoms with van der Waals surface area (Å²) in [5.41, 5.74) is 4.51. The summed E-state index contributed by atoms with van der Waals surface area (Å²) >= 11 is 0. The van der Waals surface area contributed by atoms with Crippen LogP contribution in [0.4, 0.5) is 5.69 Å². The number of aryl methyl sites for hydroxylation is 2. The van der Waals surface area contributed by atoms with Crippen molar-refractivity contribution in [2.75, 3.05) is 11.4 Å². The fourth-order valence-electron chi connectivity index (χ4n) is 4.03. The first kappa shape index (κ1) is 22.4. The number of aromatic nitrogens is 3. The van der Waals surface area contributed by atoms with Crippen molar-refractivity contribution in [3.05, 3.63) is 99.7 Å². The van der Waals surface area contributed by atoms with Gasteiger partial charge in [-0.05, 0) is 55.7 Å². The molecule has 0 bridgehead atoms. The van der Waals surface area contributed by atoms with E-state index in [0.29, 0.717) is 18.4 Å². The minimum absolute atomic E-state index is 0.119. The smallest absolute Gasteiger partial charge is 0.275 e. The van der Waals surface area contributed by atoms with Crippen molar-refractivity contribution in [3.63, 3.8) is 0 Å². The van der Waals surface area contributed by atoms with Crippen molar-refractivity contribution < 1.29 is 4.79 Å². The third-order valence-electron chi connectivity index (χ3n) is 5.85. The van der Waals surface area contributed by atoms with Crippen LogP contribution in [0.15, 0.2) is 71.8 Å². The van der Waals surface area contributed by atoms with E-state index in [1.165, 1.54) is 10.2 Å². The van der Waals surface area contributed by atoms with Crippen LogP contribution in [0.5, 0.6) is 0 Å². The SMILES string of the molecule is CCc1ccc(N(CC)C(=O)Cn2nc(Cc3cccnc3)c3ccc(C)cc3c2=O)cc1. The summed E-state index contributed by atoms with van der Waals surface area (Å²) in [5, 5.41) is 6.01. The van der Waals surface area contributed by atoms with Gasteiger partial charge in [-0.2, -0.15) is 5.10 Å². The lowest BCUT2D eigenvalue weighted by atomic mass is 10.0. The third kappa shape index (κ3) is 4.85. The quantitative estimate of drug-likeness (QED) is 0.430. The molecule has 4 rings (SSSR count). The Morgan fingerprint density at radius 3 is 2.45 bits per heavy atom. The molecule has 6 heteroatoms. The summed E-state index contributed by atoms with van der Waals surface area (Å²) in [6.45, 7) is 6.37. The van der Waals surface area contributed by atoms with Crippen molar-refractivity contribution in [2.24, 2.45) is 0 Å². The summed E-state index contributed by atoms with van der Waals surface area (Å²) in [5.74, 6) is -0.171. The van der Waals surface area contributed by atoms with Crippen molar-refractivity contribution >= 4 is 22.4 Å². The van der Waals surface area contributed by atoms with Gasteiger partial charge in [-0.15, -0.1) is 0 Å². The Labute approximate surface area is 193 Å². The standard InChI is InChI=1S/C27H28N4O2/c1-4-20-9-11-22(12-10-20)30(5-2)26(32)18-31-27(33)24-15-19(3)8-13-23(24)25(29-31)16-21-7-6-14-28-17-21/h6-15,17H,4-5,16,18H2,1-3H3. The first-order valence-electron chi connectivity index (χ1n) is 11.3. The number of carbonyl (C=O) groups excluding carboxylic acids is 1. The minimum atomic E-state index is -0.255. The second-order valence-corrected chi connectivity index (χ2v) is 8.15. The van der Waals surface area contributed by atoms with E-state index in [1.54, 1.807) is 17.3 Å². The monoisotopic (exact) mass is 440 g/mol. The van der Waals surface area contributed by atoms with Gasteiger partial charge in [0.15, 0.2) is 0 Å². The Hall–Kier alpha value is -3.80. The molecular weight excluding hydrogens is 412 g/mol. The topological polar surface area (TPSA) is 68.1 Å². The van der Waals surface area contributed by atoms with Crippen LogP contribution < -0.4 is 10.5 Å². The molecule has 0 fully saturated rings. The van der Waals surface area contributed by atoms with Gasteiger partial charge in [0.05, 0.1) is 11.1 Å². The highest BCUT2D eigenvalue weighted by Crippen LogP contribution is 2.19. The van der Waals surface area contributed by atoms with E-state index in [0.717, 1.165) is 34.3 Å². The van der Waals surface area contributed by atoms with E-state index in [-0.39, 0.29) is 18.0 Å². The number of anilines is 1. The summed E-state index contributed by atoms with van der Waals surface area (Å²) in [6, 6.07) is 17.6. The Balaban J connectivity index is 1.72. The molecule has 0 saturated carbocycles. The molecule has 33 heavy (non-hydrogen) atoms.